The lowest BCUT2D eigenvalue weighted by Gasteiger charge is -2.46. The lowest BCUT2D eigenvalue weighted by atomic mass is 9.88. The predicted molar refractivity (Wildman–Crippen MR) is 91.4 cm³/mol. The second-order valence-electron chi connectivity index (χ2n) is 6.79. The van der Waals surface area contributed by atoms with E-state index in [1.165, 1.54) is 7.11 Å². The molecule has 26 heavy (non-hydrogen) atoms. The van der Waals surface area contributed by atoms with Crippen LogP contribution in [0.1, 0.15) is 43.3 Å². The van der Waals surface area contributed by atoms with Gasteiger partial charge in [0.25, 0.3) is 0 Å². The highest BCUT2D eigenvalue weighted by molar-refractivity contribution is 5.69. The quantitative estimate of drug-likeness (QED) is 0.584. The van der Waals surface area contributed by atoms with Crippen LogP contribution >= 0.6 is 0 Å². The Labute approximate surface area is 152 Å². The number of hydrogen-bond acceptors (Lipinski definition) is 7. The number of hydrogen-bond donors (Lipinski definition) is 2. The van der Waals surface area contributed by atoms with E-state index in [0.717, 1.165) is 18.6 Å². The van der Waals surface area contributed by atoms with Gasteiger partial charge in [-0.1, -0.05) is 6.08 Å². The average Bonchev–Trinajstić information content (AvgIpc) is 3.11. The molecular formula is C19H26O7. The zero-order valence-corrected chi connectivity index (χ0v) is 14.9. The first kappa shape index (κ1) is 19.1. The van der Waals surface area contributed by atoms with Crippen LogP contribution in [0.15, 0.2) is 29.2 Å². The van der Waals surface area contributed by atoms with Gasteiger partial charge < -0.3 is 28.8 Å². The van der Waals surface area contributed by atoms with Crippen LogP contribution in [0.3, 0.4) is 0 Å². The highest BCUT2D eigenvalue weighted by Gasteiger charge is 2.49. The Kier molecular flexibility index (Phi) is 6.13. The van der Waals surface area contributed by atoms with Gasteiger partial charge in [-0.05, 0) is 31.4 Å². The molecule has 2 aliphatic rings. The SMILES string of the molecule is C=CCCc1ccc([C@@H]2O[C@H]3CC[C@H](CC(=O)OC)O[C@@H]3[C@H](O)[C@@H]2O)o1. The molecule has 2 saturated heterocycles. The van der Waals surface area contributed by atoms with E-state index in [9.17, 15) is 15.0 Å². The van der Waals surface area contributed by atoms with Crippen LogP contribution in [0.5, 0.6) is 0 Å². The van der Waals surface area contributed by atoms with Gasteiger partial charge in [-0.2, -0.15) is 0 Å². The summed E-state index contributed by atoms with van der Waals surface area (Å²) in [5.41, 5.74) is 0. The summed E-state index contributed by atoms with van der Waals surface area (Å²) >= 11 is 0. The fourth-order valence-corrected chi connectivity index (χ4v) is 3.56. The smallest absolute Gasteiger partial charge is 0.308 e. The van der Waals surface area contributed by atoms with Gasteiger partial charge in [-0.15, -0.1) is 6.58 Å². The highest BCUT2D eigenvalue weighted by atomic mass is 16.6. The summed E-state index contributed by atoms with van der Waals surface area (Å²) in [5, 5.41) is 21.0. The summed E-state index contributed by atoms with van der Waals surface area (Å²) in [7, 11) is 1.33. The van der Waals surface area contributed by atoms with E-state index < -0.39 is 24.4 Å². The fraction of sp³-hybridized carbons (Fsp3) is 0.632. The summed E-state index contributed by atoms with van der Waals surface area (Å²) in [4.78, 5) is 11.4. The summed E-state index contributed by atoms with van der Waals surface area (Å²) in [6.07, 6.45) is 0.253. The molecule has 0 amide bonds. The predicted octanol–water partition coefficient (Wildman–Crippen LogP) is 1.67. The number of allylic oxidation sites excluding steroid dienone is 1. The van der Waals surface area contributed by atoms with Gasteiger partial charge in [0.1, 0.15) is 35.9 Å². The number of esters is 1. The molecule has 0 bridgehead atoms. The Bertz CT molecular complexity index is 623. The Morgan fingerprint density at radius 2 is 2.12 bits per heavy atom. The largest absolute Gasteiger partial charge is 0.469 e. The molecule has 6 atom stereocenters. The van der Waals surface area contributed by atoms with E-state index in [2.05, 4.69) is 11.3 Å². The van der Waals surface area contributed by atoms with Crippen molar-refractivity contribution >= 4 is 5.97 Å². The molecule has 144 valence electrons. The van der Waals surface area contributed by atoms with E-state index in [0.29, 0.717) is 18.6 Å². The monoisotopic (exact) mass is 366 g/mol. The lowest BCUT2D eigenvalue weighted by Crippen LogP contribution is -2.58. The Morgan fingerprint density at radius 3 is 2.85 bits per heavy atom. The van der Waals surface area contributed by atoms with E-state index in [1.807, 2.05) is 12.1 Å². The molecule has 2 N–H and O–H groups in total. The molecule has 2 aliphatic heterocycles. The average molecular weight is 366 g/mol. The van der Waals surface area contributed by atoms with Crippen molar-refractivity contribution < 1.29 is 33.6 Å². The Balaban J connectivity index is 1.66. The van der Waals surface area contributed by atoms with Crippen LogP contribution in [0.2, 0.25) is 0 Å². The lowest BCUT2D eigenvalue weighted by molar-refractivity contribution is -0.268. The summed E-state index contributed by atoms with van der Waals surface area (Å²) in [6, 6.07) is 3.61. The first-order valence-corrected chi connectivity index (χ1v) is 8.96. The molecule has 0 aromatic carbocycles. The maximum absolute atomic E-state index is 11.4. The highest BCUT2D eigenvalue weighted by Crippen LogP contribution is 2.39. The third kappa shape index (κ3) is 4.01. The molecule has 1 aromatic heterocycles. The van der Waals surface area contributed by atoms with Gasteiger partial charge in [0, 0.05) is 6.42 Å². The molecule has 0 unspecified atom stereocenters. The zero-order chi connectivity index (χ0) is 18.7. The summed E-state index contributed by atoms with van der Waals surface area (Å²) in [6.45, 7) is 3.69. The third-order valence-electron chi connectivity index (χ3n) is 4.99. The van der Waals surface area contributed by atoms with Gasteiger partial charge in [0.05, 0.1) is 25.7 Å². The number of rotatable bonds is 6. The number of fused-ring (bicyclic) bond motifs is 1. The van der Waals surface area contributed by atoms with Crippen LogP contribution < -0.4 is 0 Å². The number of carbonyl (C=O) groups is 1. The molecule has 3 rings (SSSR count). The van der Waals surface area contributed by atoms with E-state index in [-0.39, 0.29) is 24.6 Å². The zero-order valence-electron chi connectivity index (χ0n) is 14.9. The molecule has 2 fully saturated rings. The van der Waals surface area contributed by atoms with Gasteiger partial charge >= 0.3 is 5.97 Å². The number of carbonyl (C=O) groups excluding carboxylic acids is 1. The van der Waals surface area contributed by atoms with Crippen molar-refractivity contribution in [1.82, 2.24) is 0 Å². The topological polar surface area (TPSA) is 98.4 Å². The van der Waals surface area contributed by atoms with E-state index in [4.69, 9.17) is 13.9 Å². The number of aliphatic hydroxyl groups excluding tert-OH is 2. The maximum atomic E-state index is 11.4. The molecular weight excluding hydrogens is 340 g/mol. The van der Waals surface area contributed by atoms with Crippen LogP contribution in [-0.4, -0.2) is 53.8 Å². The van der Waals surface area contributed by atoms with Gasteiger partial charge in [0.2, 0.25) is 0 Å². The van der Waals surface area contributed by atoms with Crippen LogP contribution in [0, 0.1) is 0 Å². The van der Waals surface area contributed by atoms with Crippen molar-refractivity contribution in [3.63, 3.8) is 0 Å². The summed E-state index contributed by atoms with van der Waals surface area (Å²) < 4.78 is 22.2. The Hall–Kier alpha value is -1.67. The number of furan rings is 1. The number of aliphatic hydroxyl groups is 2. The van der Waals surface area contributed by atoms with Crippen LogP contribution in [-0.2, 0) is 25.4 Å². The minimum absolute atomic E-state index is 0.122. The van der Waals surface area contributed by atoms with Gasteiger partial charge in [0.15, 0.2) is 0 Å². The third-order valence-corrected chi connectivity index (χ3v) is 4.99. The molecule has 0 saturated carbocycles. The van der Waals surface area contributed by atoms with Crippen LogP contribution in [0.25, 0.3) is 0 Å². The van der Waals surface area contributed by atoms with Gasteiger partial charge in [-0.3, -0.25) is 4.79 Å². The second kappa shape index (κ2) is 8.35. The van der Waals surface area contributed by atoms with Crippen molar-refractivity contribution in [1.29, 1.82) is 0 Å². The minimum atomic E-state index is -1.17. The Morgan fingerprint density at radius 1 is 1.31 bits per heavy atom. The molecule has 1 aromatic rings. The second-order valence-corrected chi connectivity index (χ2v) is 6.79. The molecule has 0 radical (unpaired) electrons. The molecule has 7 heteroatoms. The van der Waals surface area contributed by atoms with Crippen molar-refractivity contribution in [3.05, 3.63) is 36.3 Å². The normalized spacial score (nSPS) is 34.1. The van der Waals surface area contributed by atoms with E-state index >= 15 is 0 Å². The molecule has 0 spiro atoms. The minimum Gasteiger partial charge on any atom is -0.469 e. The number of methoxy groups -OCH3 is 1. The first-order chi connectivity index (χ1) is 12.5. The van der Waals surface area contributed by atoms with Gasteiger partial charge in [-0.25, -0.2) is 0 Å². The fourth-order valence-electron chi connectivity index (χ4n) is 3.56. The van der Waals surface area contributed by atoms with Crippen molar-refractivity contribution in [2.75, 3.05) is 7.11 Å². The van der Waals surface area contributed by atoms with Crippen molar-refractivity contribution in [2.24, 2.45) is 0 Å². The maximum Gasteiger partial charge on any atom is 0.308 e. The number of aryl methyl sites for hydroxylation is 1. The molecule has 3 heterocycles. The van der Waals surface area contributed by atoms with E-state index in [1.54, 1.807) is 6.07 Å². The standard InChI is InChI=1S/C19H26O7/c1-3-4-5-11-6-8-13(24-11)19-17(22)16(21)18-14(26-19)9-7-12(25-18)10-15(20)23-2/h3,6,8,12,14,16-19,21-22H,1,4-5,7,9-10H2,2H3/t12-,14+,16-,17+,18+,19+/m1/s1. The number of ether oxygens (including phenoxy) is 3. The first-order valence-electron chi connectivity index (χ1n) is 8.96. The molecule has 0 aliphatic carbocycles. The summed E-state index contributed by atoms with van der Waals surface area (Å²) in [5.74, 6) is 0.914. The molecule has 7 nitrogen and oxygen atoms in total. The van der Waals surface area contributed by atoms with Crippen LogP contribution in [0.4, 0.5) is 0 Å². The van der Waals surface area contributed by atoms with Crippen molar-refractivity contribution in [2.45, 2.75) is 68.7 Å². The van der Waals surface area contributed by atoms with Crippen molar-refractivity contribution in [3.8, 4) is 0 Å².